The summed E-state index contributed by atoms with van der Waals surface area (Å²) in [6, 6.07) is 0. The molecular formula is C12H25NO2. The number of nitrogens with two attached hydrogens (primary N) is 1. The lowest BCUT2D eigenvalue weighted by Gasteiger charge is -2.21. The highest BCUT2D eigenvalue weighted by molar-refractivity contribution is 5.79. The first-order valence-corrected chi connectivity index (χ1v) is 5.86. The Kier molecular flexibility index (Phi) is 6.57. The van der Waals surface area contributed by atoms with E-state index in [1.165, 1.54) is 0 Å². The lowest BCUT2D eigenvalue weighted by Crippen LogP contribution is -2.46. The van der Waals surface area contributed by atoms with E-state index in [2.05, 4.69) is 13.8 Å². The van der Waals surface area contributed by atoms with Crippen molar-refractivity contribution in [3.05, 3.63) is 0 Å². The van der Waals surface area contributed by atoms with Crippen molar-refractivity contribution in [2.45, 2.75) is 58.9 Å². The molecule has 90 valence electrons. The maximum atomic E-state index is 11.6. The summed E-state index contributed by atoms with van der Waals surface area (Å²) in [7, 11) is 0. The van der Waals surface area contributed by atoms with E-state index >= 15 is 0 Å². The molecule has 0 amide bonds. The number of ether oxygens (including phenoxy) is 1. The van der Waals surface area contributed by atoms with Crippen molar-refractivity contribution in [2.24, 2.45) is 11.7 Å². The fourth-order valence-electron chi connectivity index (χ4n) is 1.44. The van der Waals surface area contributed by atoms with Gasteiger partial charge in [0, 0.05) is 0 Å². The quantitative estimate of drug-likeness (QED) is 0.524. The second-order valence-corrected chi connectivity index (χ2v) is 4.84. The Morgan fingerprint density at radius 2 is 2.07 bits per heavy atom. The van der Waals surface area contributed by atoms with E-state index in [9.17, 15) is 4.79 Å². The third kappa shape index (κ3) is 6.50. The zero-order chi connectivity index (χ0) is 11.9. The number of hydrogen-bond donors (Lipinski definition) is 1. The maximum absolute atomic E-state index is 11.6. The first-order chi connectivity index (χ1) is 6.90. The third-order valence-corrected chi connectivity index (χ3v) is 2.39. The number of hydrogen-bond acceptors (Lipinski definition) is 3. The summed E-state index contributed by atoms with van der Waals surface area (Å²) in [5, 5.41) is 0. The molecule has 0 aliphatic rings. The zero-order valence-corrected chi connectivity index (χ0v) is 10.5. The minimum absolute atomic E-state index is 0.270. The van der Waals surface area contributed by atoms with Gasteiger partial charge in [-0.2, -0.15) is 0 Å². The fraction of sp³-hybridized carbons (Fsp3) is 0.917. The summed E-state index contributed by atoms with van der Waals surface area (Å²) < 4.78 is 5.15. The molecule has 15 heavy (non-hydrogen) atoms. The zero-order valence-electron chi connectivity index (χ0n) is 10.5. The molecule has 1 atom stereocenters. The molecule has 0 aliphatic heterocycles. The summed E-state index contributed by atoms with van der Waals surface area (Å²) >= 11 is 0. The molecule has 2 N–H and O–H groups in total. The molecule has 0 spiro atoms. The van der Waals surface area contributed by atoms with Gasteiger partial charge in [0.25, 0.3) is 0 Å². The van der Waals surface area contributed by atoms with Crippen molar-refractivity contribution in [3.8, 4) is 0 Å². The number of rotatable bonds is 7. The predicted octanol–water partition coefficient (Wildman–Crippen LogP) is 2.48. The Morgan fingerprint density at radius 3 is 2.53 bits per heavy atom. The summed E-state index contributed by atoms with van der Waals surface area (Å²) in [6.45, 7) is 8.56. The molecule has 3 nitrogen and oxygen atoms in total. The Morgan fingerprint density at radius 1 is 1.47 bits per heavy atom. The number of esters is 1. The highest BCUT2D eigenvalue weighted by atomic mass is 16.5. The molecule has 0 radical (unpaired) electrons. The average Bonchev–Trinajstić information content (AvgIpc) is 2.11. The van der Waals surface area contributed by atoms with Crippen LogP contribution >= 0.6 is 0 Å². The Bertz CT molecular complexity index is 188. The Balaban J connectivity index is 3.73. The van der Waals surface area contributed by atoms with E-state index in [1.54, 1.807) is 6.92 Å². The minimum atomic E-state index is -0.813. The van der Waals surface area contributed by atoms with E-state index in [4.69, 9.17) is 10.5 Å². The predicted molar refractivity (Wildman–Crippen MR) is 62.5 cm³/mol. The molecule has 0 saturated heterocycles. The molecule has 0 fully saturated rings. The van der Waals surface area contributed by atoms with Crippen LogP contribution < -0.4 is 5.73 Å². The van der Waals surface area contributed by atoms with Gasteiger partial charge in [0.15, 0.2) is 0 Å². The fourth-order valence-corrected chi connectivity index (χ4v) is 1.44. The van der Waals surface area contributed by atoms with Crippen LogP contribution in [0, 0.1) is 5.92 Å². The van der Waals surface area contributed by atoms with Gasteiger partial charge in [-0.3, -0.25) is 4.79 Å². The van der Waals surface area contributed by atoms with Crippen LogP contribution in [0.1, 0.15) is 53.4 Å². The molecule has 0 heterocycles. The van der Waals surface area contributed by atoms with Crippen LogP contribution in [-0.2, 0) is 9.53 Å². The van der Waals surface area contributed by atoms with Gasteiger partial charge in [-0.25, -0.2) is 0 Å². The lowest BCUT2D eigenvalue weighted by molar-refractivity contribution is -0.150. The highest BCUT2D eigenvalue weighted by Crippen LogP contribution is 2.11. The molecule has 0 aromatic heterocycles. The topological polar surface area (TPSA) is 52.3 Å². The first kappa shape index (κ1) is 14.4. The van der Waals surface area contributed by atoms with Crippen molar-refractivity contribution in [2.75, 3.05) is 6.61 Å². The van der Waals surface area contributed by atoms with Crippen LogP contribution in [-0.4, -0.2) is 18.1 Å². The van der Waals surface area contributed by atoms with E-state index in [1.807, 2.05) is 6.92 Å². The third-order valence-electron chi connectivity index (χ3n) is 2.39. The molecule has 0 bridgehead atoms. The molecule has 0 aromatic carbocycles. The molecule has 1 unspecified atom stereocenters. The number of carbonyl (C=O) groups excluding carboxylic acids is 1. The first-order valence-electron chi connectivity index (χ1n) is 5.86. The van der Waals surface area contributed by atoms with Gasteiger partial charge in [-0.15, -0.1) is 0 Å². The molecule has 3 heteroatoms. The van der Waals surface area contributed by atoms with Crippen molar-refractivity contribution < 1.29 is 9.53 Å². The van der Waals surface area contributed by atoms with E-state index in [0.29, 0.717) is 18.9 Å². The lowest BCUT2D eigenvalue weighted by atomic mass is 9.98. The standard InChI is InChI=1S/C12H25NO2/c1-5-8-12(4,13)11(14)15-9-6-7-10(2)3/h10H,5-9,13H2,1-4H3. The van der Waals surface area contributed by atoms with Gasteiger partial charge >= 0.3 is 5.97 Å². The van der Waals surface area contributed by atoms with Crippen molar-refractivity contribution in [3.63, 3.8) is 0 Å². The Hall–Kier alpha value is -0.570. The Labute approximate surface area is 93.4 Å². The molecule has 0 rings (SSSR count). The van der Waals surface area contributed by atoms with Gasteiger partial charge < -0.3 is 10.5 Å². The van der Waals surface area contributed by atoms with Gasteiger partial charge in [-0.1, -0.05) is 27.2 Å². The molecular weight excluding hydrogens is 190 g/mol. The van der Waals surface area contributed by atoms with Crippen LogP contribution in [0.5, 0.6) is 0 Å². The summed E-state index contributed by atoms with van der Waals surface area (Å²) in [4.78, 5) is 11.6. The van der Waals surface area contributed by atoms with Crippen molar-refractivity contribution in [1.82, 2.24) is 0 Å². The molecule has 0 aromatic rings. The monoisotopic (exact) mass is 215 g/mol. The van der Waals surface area contributed by atoms with E-state index in [-0.39, 0.29) is 5.97 Å². The van der Waals surface area contributed by atoms with Gasteiger partial charge in [0.05, 0.1) is 6.61 Å². The molecule has 0 saturated carbocycles. The SMILES string of the molecule is CCCC(C)(N)C(=O)OCCCC(C)C. The maximum Gasteiger partial charge on any atom is 0.325 e. The van der Waals surface area contributed by atoms with E-state index < -0.39 is 5.54 Å². The molecule has 0 aliphatic carbocycles. The largest absolute Gasteiger partial charge is 0.464 e. The summed E-state index contributed by atoms with van der Waals surface area (Å²) in [5.41, 5.74) is 5.03. The average molecular weight is 215 g/mol. The summed E-state index contributed by atoms with van der Waals surface area (Å²) in [6.07, 6.45) is 3.58. The van der Waals surface area contributed by atoms with Crippen LogP contribution in [0.15, 0.2) is 0 Å². The van der Waals surface area contributed by atoms with Gasteiger partial charge in [-0.05, 0) is 32.1 Å². The highest BCUT2D eigenvalue weighted by Gasteiger charge is 2.28. The van der Waals surface area contributed by atoms with E-state index in [0.717, 1.165) is 19.3 Å². The van der Waals surface area contributed by atoms with Crippen LogP contribution in [0.2, 0.25) is 0 Å². The van der Waals surface area contributed by atoms with Crippen LogP contribution in [0.25, 0.3) is 0 Å². The van der Waals surface area contributed by atoms with Gasteiger partial charge in [0.1, 0.15) is 5.54 Å². The van der Waals surface area contributed by atoms with Crippen molar-refractivity contribution >= 4 is 5.97 Å². The minimum Gasteiger partial charge on any atom is -0.464 e. The van der Waals surface area contributed by atoms with Crippen LogP contribution in [0.3, 0.4) is 0 Å². The number of carbonyl (C=O) groups is 1. The summed E-state index contributed by atoms with van der Waals surface area (Å²) in [5.74, 6) is 0.386. The van der Waals surface area contributed by atoms with Gasteiger partial charge in [0.2, 0.25) is 0 Å². The second kappa shape index (κ2) is 6.83. The smallest absolute Gasteiger partial charge is 0.325 e. The second-order valence-electron chi connectivity index (χ2n) is 4.84. The van der Waals surface area contributed by atoms with Crippen LogP contribution in [0.4, 0.5) is 0 Å². The normalized spacial score (nSPS) is 15.1. The van der Waals surface area contributed by atoms with Crippen molar-refractivity contribution in [1.29, 1.82) is 0 Å².